The van der Waals surface area contributed by atoms with Crippen LogP contribution in [0.4, 0.5) is 0 Å². The Balaban J connectivity index is 1.85. The van der Waals surface area contributed by atoms with Crippen LogP contribution in [0.5, 0.6) is 0 Å². The van der Waals surface area contributed by atoms with Gasteiger partial charge in [0.25, 0.3) is 0 Å². The van der Waals surface area contributed by atoms with Crippen LogP contribution >= 0.6 is 11.6 Å². The zero-order chi connectivity index (χ0) is 18.2. The zero-order valence-electron chi connectivity index (χ0n) is 14.4. The minimum atomic E-state index is -3.60. The lowest BCUT2D eigenvalue weighted by Gasteiger charge is -2.42. The van der Waals surface area contributed by atoms with Crippen molar-refractivity contribution in [1.82, 2.24) is 9.21 Å². The van der Waals surface area contributed by atoms with Gasteiger partial charge in [0.2, 0.25) is 15.9 Å². The molecule has 2 heterocycles. The van der Waals surface area contributed by atoms with E-state index in [9.17, 15) is 13.2 Å². The van der Waals surface area contributed by atoms with Crippen LogP contribution in [0.1, 0.15) is 13.3 Å². The Morgan fingerprint density at radius 3 is 2.80 bits per heavy atom. The van der Waals surface area contributed by atoms with Crippen molar-refractivity contribution in [2.45, 2.75) is 18.2 Å². The van der Waals surface area contributed by atoms with Crippen molar-refractivity contribution in [2.75, 3.05) is 39.9 Å². The lowest BCUT2D eigenvalue weighted by atomic mass is 9.74. The van der Waals surface area contributed by atoms with Crippen LogP contribution < -0.4 is 0 Å². The molecule has 2 fully saturated rings. The van der Waals surface area contributed by atoms with E-state index in [0.29, 0.717) is 44.2 Å². The standard InChI is InChI=1S/C17H23ClN2O4S/c1-13(21)19-9-14-10-20(7-6-17(14,11-19)12-24-2)25(22,23)16-5-3-4-15(18)8-16/h3-5,8,14H,6-7,9-12H2,1-2H3. The molecule has 0 bridgehead atoms. The Morgan fingerprint density at radius 1 is 1.40 bits per heavy atom. The monoisotopic (exact) mass is 386 g/mol. The molecule has 0 saturated carbocycles. The Kier molecular flexibility index (Phi) is 5.12. The fourth-order valence-corrected chi connectivity index (χ4v) is 5.80. The Labute approximate surface area is 153 Å². The first-order valence-corrected chi connectivity index (χ1v) is 10.1. The summed E-state index contributed by atoms with van der Waals surface area (Å²) in [5, 5.41) is 0.399. The number of piperidine rings is 1. The largest absolute Gasteiger partial charge is 0.384 e. The number of carbonyl (C=O) groups is 1. The number of hydrogen-bond donors (Lipinski definition) is 0. The number of fused-ring (bicyclic) bond motifs is 1. The number of likely N-dealkylation sites (tertiary alicyclic amines) is 1. The maximum atomic E-state index is 13.0. The molecule has 2 atom stereocenters. The number of benzene rings is 1. The van der Waals surface area contributed by atoms with Crippen LogP contribution in [-0.2, 0) is 19.6 Å². The predicted octanol–water partition coefficient (Wildman–Crippen LogP) is 1.85. The highest BCUT2D eigenvalue weighted by Crippen LogP contribution is 2.44. The highest BCUT2D eigenvalue weighted by Gasteiger charge is 2.51. The van der Waals surface area contributed by atoms with Gasteiger partial charge in [0, 0.05) is 50.7 Å². The molecule has 0 aromatic heterocycles. The summed E-state index contributed by atoms with van der Waals surface area (Å²) in [5.74, 6) is 0.0909. The van der Waals surface area contributed by atoms with Gasteiger partial charge in [0.05, 0.1) is 11.5 Å². The summed E-state index contributed by atoms with van der Waals surface area (Å²) in [5.41, 5.74) is -0.166. The van der Waals surface area contributed by atoms with E-state index >= 15 is 0 Å². The zero-order valence-corrected chi connectivity index (χ0v) is 16.0. The minimum Gasteiger partial charge on any atom is -0.384 e. The maximum absolute atomic E-state index is 13.0. The van der Waals surface area contributed by atoms with Crippen molar-refractivity contribution in [3.63, 3.8) is 0 Å². The van der Waals surface area contributed by atoms with Crippen molar-refractivity contribution in [2.24, 2.45) is 11.3 Å². The number of halogens is 1. The molecule has 3 rings (SSSR count). The maximum Gasteiger partial charge on any atom is 0.243 e. The van der Waals surface area contributed by atoms with Gasteiger partial charge >= 0.3 is 0 Å². The van der Waals surface area contributed by atoms with Crippen LogP contribution in [0.3, 0.4) is 0 Å². The Bertz CT molecular complexity index is 770. The molecule has 2 aliphatic rings. The molecule has 0 N–H and O–H groups in total. The molecule has 0 aliphatic carbocycles. The third kappa shape index (κ3) is 3.43. The number of sulfonamides is 1. The molecule has 138 valence electrons. The molecule has 0 radical (unpaired) electrons. The van der Waals surface area contributed by atoms with Crippen LogP contribution in [0.25, 0.3) is 0 Å². The molecule has 2 unspecified atom stereocenters. The van der Waals surface area contributed by atoms with Crippen LogP contribution in [0, 0.1) is 11.3 Å². The summed E-state index contributed by atoms with van der Waals surface area (Å²) in [4.78, 5) is 13.8. The molecule has 0 spiro atoms. The number of carbonyl (C=O) groups excluding carboxylic acids is 1. The third-order valence-corrected chi connectivity index (χ3v) is 7.50. The average molecular weight is 387 g/mol. The summed E-state index contributed by atoms with van der Waals surface area (Å²) in [6.07, 6.45) is 0.676. The fourth-order valence-electron chi connectivity index (χ4n) is 4.01. The summed E-state index contributed by atoms with van der Waals surface area (Å²) < 4.78 is 32.8. The molecule has 6 nitrogen and oxygen atoms in total. The SMILES string of the molecule is COCC12CCN(S(=O)(=O)c3cccc(Cl)c3)CC1CN(C(C)=O)C2. The molecule has 1 amide bonds. The van der Waals surface area contributed by atoms with Gasteiger partial charge in [0.15, 0.2) is 0 Å². The number of methoxy groups -OCH3 is 1. The van der Waals surface area contributed by atoms with Gasteiger partial charge in [-0.05, 0) is 30.5 Å². The Morgan fingerprint density at radius 2 is 2.16 bits per heavy atom. The van der Waals surface area contributed by atoms with E-state index in [4.69, 9.17) is 16.3 Å². The number of rotatable bonds is 4. The second kappa shape index (κ2) is 6.87. The van der Waals surface area contributed by atoms with Crippen LogP contribution in [0.2, 0.25) is 5.02 Å². The van der Waals surface area contributed by atoms with Crippen molar-refractivity contribution < 1.29 is 17.9 Å². The first-order chi connectivity index (χ1) is 11.8. The molecule has 2 aliphatic heterocycles. The molecule has 25 heavy (non-hydrogen) atoms. The fraction of sp³-hybridized carbons (Fsp3) is 0.588. The average Bonchev–Trinajstić information content (AvgIpc) is 2.94. The third-order valence-electron chi connectivity index (χ3n) is 5.41. The van der Waals surface area contributed by atoms with Crippen molar-refractivity contribution in [3.05, 3.63) is 29.3 Å². The summed E-state index contributed by atoms with van der Waals surface area (Å²) in [7, 11) is -1.95. The number of nitrogens with zero attached hydrogens (tertiary/aromatic N) is 2. The van der Waals surface area contributed by atoms with E-state index in [1.54, 1.807) is 37.1 Å². The molecule has 2 saturated heterocycles. The van der Waals surface area contributed by atoms with Gasteiger partial charge in [0.1, 0.15) is 0 Å². The topological polar surface area (TPSA) is 66.9 Å². The second-order valence-electron chi connectivity index (χ2n) is 6.96. The van der Waals surface area contributed by atoms with Gasteiger partial charge in [-0.3, -0.25) is 4.79 Å². The number of amides is 1. The summed E-state index contributed by atoms with van der Waals surface area (Å²) in [6.45, 7) is 4.10. The van der Waals surface area contributed by atoms with E-state index in [1.807, 2.05) is 0 Å². The minimum absolute atomic E-state index is 0.0223. The van der Waals surface area contributed by atoms with E-state index < -0.39 is 10.0 Å². The molecular weight excluding hydrogens is 364 g/mol. The van der Waals surface area contributed by atoms with E-state index in [1.165, 1.54) is 10.4 Å². The predicted molar refractivity (Wildman–Crippen MR) is 94.9 cm³/mol. The first-order valence-electron chi connectivity index (χ1n) is 8.29. The normalized spacial score (nSPS) is 27.3. The van der Waals surface area contributed by atoms with Gasteiger partial charge < -0.3 is 9.64 Å². The highest BCUT2D eigenvalue weighted by atomic mass is 35.5. The van der Waals surface area contributed by atoms with Crippen LogP contribution in [0.15, 0.2) is 29.2 Å². The van der Waals surface area contributed by atoms with Crippen molar-refractivity contribution >= 4 is 27.5 Å². The summed E-state index contributed by atoms with van der Waals surface area (Å²) >= 11 is 5.95. The smallest absolute Gasteiger partial charge is 0.243 e. The lowest BCUT2D eigenvalue weighted by Crippen LogP contribution is -2.50. The van der Waals surface area contributed by atoms with Crippen molar-refractivity contribution in [1.29, 1.82) is 0 Å². The highest BCUT2D eigenvalue weighted by molar-refractivity contribution is 7.89. The molecule has 1 aromatic rings. The van der Waals surface area contributed by atoms with Gasteiger partial charge in [-0.1, -0.05) is 17.7 Å². The summed E-state index contributed by atoms with van der Waals surface area (Å²) in [6, 6.07) is 6.34. The van der Waals surface area contributed by atoms with E-state index in [2.05, 4.69) is 0 Å². The quantitative estimate of drug-likeness (QED) is 0.792. The molecule has 1 aromatic carbocycles. The van der Waals surface area contributed by atoms with E-state index in [0.717, 1.165) is 0 Å². The Hall–Kier alpha value is -1.15. The first kappa shape index (κ1) is 18.6. The second-order valence-corrected chi connectivity index (χ2v) is 9.34. The number of hydrogen-bond acceptors (Lipinski definition) is 4. The van der Waals surface area contributed by atoms with Crippen molar-refractivity contribution in [3.8, 4) is 0 Å². The van der Waals surface area contributed by atoms with E-state index in [-0.39, 0.29) is 22.1 Å². The van der Waals surface area contributed by atoms with Crippen LogP contribution in [-0.4, -0.2) is 63.4 Å². The number of ether oxygens (including phenoxy) is 1. The molecular formula is C17H23ClN2O4S. The molecule has 8 heteroatoms. The van der Waals surface area contributed by atoms with Gasteiger partial charge in [-0.25, -0.2) is 8.42 Å². The van der Waals surface area contributed by atoms with Gasteiger partial charge in [-0.15, -0.1) is 0 Å². The van der Waals surface area contributed by atoms with Gasteiger partial charge in [-0.2, -0.15) is 4.31 Å². The lowest BCUT2D eigenvalue weighted by molar-refractivity contribution is -0.128.